The lowest BCUT2D eigenvalue weighted by Gasteiger charge is -2.55. The summed E-state index contributed by atoms with van der Waals surface area (Å²) < 4.78 is 5.05. The Balaban J connectivity index is 1.16. The molecule has 4 saturated carbocycles. The number of amides is 3. The van der Waals surface area contributed by atoms with Crippen molar-refractivity contribution in [3.63, 3.8) is 0 Å². The Morgan fingerprint density at radius 1 is 0.903 bits per heavy atom. The van der Waals surface area contributed by atoms with E-state index >= 15 is 0 Å². The molecule has 0 unspecified atom stereocenters. The van der Waals surface area contributed by atoms with Gasteiger partial charge in [-0.25, -0.2) is 0 Å². The third-order valence-electron chi connectivity index (χ3n) is 7.87. The summed E-state index contributed by atoms with van der Waals surface area (Å²) in [6, 6.07) is 0. The number of likely N-dealkylation sites (tertiary alicyclic amines) is 1. The molecule has 5 aliphatic rings. The van der Waals surface area contributed by atoms with Gasteiger partial charge in [-0.2, -0.15) is 0 Å². The van der Waals surface area contributed by atoms with Crippen molar-refractivity contribution in [3.05, 3.63) is 0 Å². The van der Waals surface area contributed by atoms with Crippen molar-refractivity contribution in [1.29, 1.82) is 0 Å². The van der Waals surface area contributed by atoms with Gasteiger partial charge in [0, 0.05) is 25.9 Å². The fourth-order valence-corrected chi connectivity index (χ4v) is 6.71. The fraction of sp³-hybridized carbons (Fsp3) is 0.826. The lowest BCUT2D eigenvalue weighted by molar-refractivity contribution is -0.151. The van der Waals surface area contributed by atoms with Gasteiger partial charge >= 0.3 is 5.97 Å². The number of rotatable bonds is 6. The van der Waals surface area contributed by atoms with Crippen LogP contribution >= 0.6 is 0 Å². The highest BCUT2D eigenvalue weighted by atomic mass is 16.5. The number of nitrogens with zero attached hydrogens (tertiary/aromatic N) is 1. The average Bonchev–Trinajstić information content (AvgIpc) is 2.75. The van der Waals surface area contributed by atoms with Gasteiger partial charge in [-0.05, 0) is 76.0 Å². The maximum absolute atomic E-state index is 12.9. The molecule has 3 amide bonds. The lowest BCUT2D eigenvalue weighted by atomic mass is 9.49. The number of piperidine rings is 1. The molecule has 0 atom stereocenters. The highest BCUT2D eigenvalue weighted by Gasteiger charge is 2.54. The van der Waals surface area contributed by atoms with Crippen LogP contribution < -0.4 is 10.9 Å². The molecule has 31 heavy (non-hydrogen) atoms. The van der Waals surface area contributed by atoms with Gasteiger partial charge in [-0.3, -0.25) is 30.0 Å². The maximum Gasteiger partial charge on any atom is 0.309 e. The summed E-state index contributed by atoms with van der Waals surface area (Å²) in [5.74, 6) is 1.18. The largest absolute Gasteiger partial charge is 0.466 e. The molecule has 1 heterocycles. The minimum absolute atomic E-state index is 0.0395. The van der Waals surface area contributed by atoms with Gasteiger partial charge in [0.15, 0.2) is 0 Å². The van der Waals surface area contributed by atoms with Gasteiger partial charge in [-0.1, -0.05) is 0 Å². The van der Waals surface area contributed by atoms with Gasteiger partial charge in [-0.15, -0.1) is 0 Å². The van der Waals surface area contributed by atoms with E-state index in [9.17, 15) is 19.2 Å². The van der Waals surface area contributed by atoms with Crippen molar-refractivity contribution in [2.75, 3.05) is 19.7 Å². The summed E-state index contributed by atoms with van der Waals surface area (Å²) in [5.41, 5.74) is 4.89. The molecule has 0 radical (unpaired) electrons. The average molecular weight is 434 g/mol. The summed E-state index contributed by atoms with van der Waals surface area (Å²) in [7, 11) is 0. The first kappa shape index (κ1) is 22.1. The first-order chi connectivity index (χ1) is 14.9. The van der Waals surface area contributed by atoms with Crippen molar-refractivity contribution < 1.29 is 23.9 Å². The van der Waals surface area contributed by atoms with Gasteiger partial charge in [0.1, 0.15) is 0 Å². The Bertz CT molecular complexity index is 693. The predicted octanol–water partition coefficient (Wildman–Crippen LogP) is 1.93. The van der Waals surface area contributed by atoms with Crippen LogP contribution in [0.2, 0.25) is 0 Å². The van der Waals surface area contributed by atoms with Crippen LogP contribution in [0, 0.1) is 29.1 Å². The third kappa shape index (κ3) is 4.88. The van der Waals surface area contributed by atoms with Crippen molar-refractivity contribution >= 4 is 23.7 Å². The van der Waals surface area contributed by atoms with Gasteiger partial charge < -0.3 is 9.64 Å². The highest BCUT2D eigenvalue weighted by molar-refractivity contribution is 5.88. The molecule has 1 saturated heterocycles. The Morgan fingerprint density at radius 3 is 2.03 bits per heavy atom. The van der Waals surface area contributed by atoms with E-state index in [4.69, 9.17) is 4.74 Å². The van der Waals surface area contributed by atoms with Gasteiger partial charge in [0.25, 0.3) is 0 Å². The van der Waals surface area contributed by atoms with Gasteiger partial charge in [0.05, 0.1) is 17.9 Å². The van der Waals surface area contributed by atoms with Crippen LogP contribution in [0.4, 0.5) is 0 Å². The Hall–Kier alpha value is -2.12. The summed E-state index contributed by atoms with van der Waals surface area (Å²) in [4.78, 5) is 51.0. The van der Waals surface area contributed by atoms with Crippen LogP contribution in [0.1, 0.15) is 71.1 Å². The highest BCUT2D eigenvalue weighted by Crippen LogP contribution is 2.60. The van der Waals surface area contributed by atoms with Gasteiger partial charge in [0.2, 0.25) is 17.7 Å². The van der Waals surface area contributed by atoms with Crippen molar-refractivity contribution in [2.45, 2.75) is 71.1 Å². The number of hydrogen-bond donors (Lipinski definition) is 2. The van der Waals surface area contributed by atoms with Crippen molar-refractivity contribution in [2.24, 2.45) is 29.1 Å². The second kappa shape index (κ2) is 9.17. The van der Waals surface area contributed by atoms with Crippen LogP contribution in [0.5, 0.6) is 0 Å². The van der Waals surface area contributed by atoms with Crippen LogP contribution in [-0.2, 0) is 23.9 Å². The van der Waals surface area contributed by atoms with E-state index in [0.717, 1.165) is 19.3 Å². The Kier molecular flexibility index (Phi) is 6.53. The van der Waals surface area contributed by atoms with Crippen LogP contribution in [0.15, 0.2) is 0 Å². The van der Waals surface area contributed by atoms with Crippen LogP contribution in [0.3, 0.4) is 0 Å². The zero-order valence-corrected chi connectivity index (χ0v) is 18.5. The first-order valence-corrected chi connectivity index (χ1v) is 11.9. The Morgan fingerprint density at radius 2 is 1.48 bits per heavy atom. The normalized spacial score (nSPS) is 31.9. The quantitative estimate of drug-likeness (QED) is 0.492. The molecular weight excluding hydrogens is 398 g/mol. The van der Waals surface area contributed by atoms with Crippen molar-refractivity contribution in [1.82, 2.24) is 15.8 Å². The SMILES string of the molecule is CCOC(=O)C1CCN(C(=O)CCC(=O)NNC(=O)C23CC4CC(CC(C4)C2)C3)CC1. The standard InChI is InChI=1S/C23H35N3O5/c1-2-31-21(29)18-5-7-26(8-6-18)20(28)4-3-19(27)24-25-22(30)23-12-15-9-16(13-23)11-17(10-15)14-23/h15-18H,2-14H2,1H3,(H,24,27)(H,25,30). The molecule has 4 aliphatic carbocycles. The number of hydrogen-bond acceptors (Lipinski definition) is 5. The maximum atomic E-state index is 12.9. The van der Waals surface area contributed by atoms with E-state index in [1.165, 1.54) is 19.3 Å². The van der Waals surface area contributed by atoms with Crippen molar-refractivity contribution in [3.8, 4) is 0 Å². The van der Waals surface area contributed by atoms with E-state index in [2.05, 4.69) is 10.9 Å². The minimum Gasteiger partial charge on any atom is -0.466 e. The van der Waals surface area contributed by atoms with Crippen LogP contribution in [-0.4, -0.2) is 48.3 Å². The number of esters is 1. The molecule has 172 valence electrons. The third-order valence-corrected chi connectivity index (χ3v) is 7.87. The smallest absolute Gasteiger partial charge is 0.309 e. The summed E-state index contributed by atoms with van der Waals surface area (Å²) >= 11 is 0. The molecule has 0 spiro atoms. The zero-order chi connectivity index (χ0) is 22.0. The van der Waals surface area contributed by atoms with E-state index < -0.39 is 0 Å². The van der Waals surface area contributed by atoms with E-state index in [1.807, 2.05) is 0 Å². The predicted molar refractivity (Wildman–Crippen MR) is 112 cm³/mol. The molecule has 8 heteroatoms. The molecule has 1 aliphatic heterocycles. The fourth-order valence-electron chi connectivity index (χ4n) is 6.71. The van der Waals surface area contributed by atoms with E-state index in [1.54, 1.807) is 11.8 Å². The lowest BCUT2D eigenvalue weighted by Crippen LogP contribution is -2.56. The summed E-state index contributed by atoms with van der Waals surface area (Å²) in [6.45, 7) is 3.17. The summed E-state index contributed by atoms with van der Waals surface area (Å²) in [5, 5.41) is 0. The molecule has 2 N–H and O–H groups in total. The molecule has 8 nitrogen and oxygen atoms in total. The molecule has 5 rings (SSSR count). The molecule has 5 fully saturated rings. The van der Waals surface area contributed by atoms with E-state index in [0.29, 0.717) is 50.3 Å². The van der Waals surface area contributed by atoms with Crippen LogP contribution in [0.25, 0.3) is 0 Å². The number of hydrazine groups is 1. The molecule has 0 aromatic carbocycles. The number of ether oxygens (including phenoxy) is 1. The first-order valence-electron chi connectivity index (χ1n) is 11.9. The number of nitrogens with one attached hydrogen (secondary N) is 2. The Labute approximate surface area is 183 Å². The minimum atomic E-state index is -0.340. The zero-order valence-electron chi connectivity index (χ0n) is 18.5. The second-order valence-electron chi connectivity index (χ2n) is 10.1. The second-order valence-corrected chi connectivity index (χ2v) is 10.1. The number of carbonyl (C=O) groups is 4. The molecule has 0 aromatic heterocycles. The topological polar surface area (TPSA) is 105 Å². The summed E-state index contributed by atoms with van der Waals surface area (Å²) in [6.07, 6.45) is 7.95. The molecular formula is C23H35N3O5. The number of carbonyl (C=O) groups excluding carboxylic acids is 4. The molecule has 4 bridgehead atoms. The van der Waals surface area contributed by atoms with E-state index in [-0.39, 0.29) is 47.9 Å². The molecule has 0 aromatic rings. The monoisotopic (exact) mass is 433 g/mol.